The highest BCUT2D eigenvalue weighted by molar-refractivity contribution is 7.89. The van der Waals surface area contributed by atoms with Gasteiger partial charge in [0.1, 0.15) is 5.76 Å². The van der Waals surface area contributed by atoms with E-state index in [0.29, 0.717) is 24.9 Å². The number of sulfonamides is 1. The number of hydrogen-bond acceptors (Lipinski definition) is 4. The number of nitrogens with one attached hydrogen (secondary N) is 2. The maximum Gasteiger partial charge on any atom is 0.273 e. The second-order valence-electron chi connectivity index (χ2n) is 4.63. The van der Waals surface area contributed by atoms with Crippen molar-refractivity contribution in [2.24, 2.45) is 0 Å². The van der Waals surface area contributed by atoms with Gasteiger partial charge in [-0.25, -0.2) is 13.1 Å². The summed E-state index contributed by atoms with van der Waals surface area (Å²) in [5.41, 5.74) is 0. The van der Waals surface area contributed by atoms with Gasteiger partial charge in [-0.1, -0.05) is 13.3 Å². The van der Waals surface area contributed by atoms with Gasteiger partial charge in [-0.2, -0.15) is 0 Å². The lowest BCUT2D eigenvalue weighted by atomic mass is 10.3. The van der Waals surface area contributed by atoms with Crippen LogP contribution in [0.1, 0.15) is 38.4 Å². The topological polar surface area (TPSA) is 71.3 Å². The Kier molecular flexibility index (Phi) is 4.42. The second kappa shape index (κ2) is 5.86. The van der Waals surface area contributed by atoms with Crippen LogP contribution in [0.4, 0.5) is 0 Å². The van der Waals surface area contributed by atoms with E-state index in [-0.39, 0.29) is 5.09 Å². The van der Waals surface area contributed by atoms with Gasteiger partial charge in [0.2, 0.25) is 5.09 Å². The van der Waals surface area contributed by atoms with Crippen molar-refractivity contribution in [3.63, 3.8) is 0 Å². The molecule has 102 valence electrons. The van der Waals surface area contributed by atoms with E-state index in [0.717, 1.165) is 12.8 Å². The molecule has 0 atom stereocenters. The van der Waals surface area contributed by atoms with Crippen molar-refractivity contribution >= 4 is 10.0 Å². The van der Waals surface area contributed by atoms with Gasteiger partial charge in [-0.05, 0) is 31.4 Å². The fraction of sp³-hybridized carbons (Fsp3) is 0.667. The first kappa shape index (κ1) is 13.6. The Morgan fingerprint density at radius 2 is 2.17 bits per heavy atom. The Labute approximate surface area is 108 Å². The van der Waals surface area contributed by atoms with E-state index in [1.54, 1.807) is 6.07 Å². The summed E-state index contributed by atoms with van der Waals surface area (Å²) >= 11 is 0. The van der Waals surface area contributed by atoms with Gasteiger partial charge in [-0.3, -0.25) is 0 Å². The third-order valence-corrected chi connectivity index (χ3v) is 4.20. The molecule has 1 aromatic heterocycles. The summed E-state index contributed by atoms with van der Waals surface area (Å²) in [6.45, 7) is 3.06. The first-order valence-corrected chi connectivity index (χ1v) is 7.92. The maximum absolute atomic E-state index is 11.8. The van der Waals surface area contributed by atoms with Crippen LogP contribution in [0.5, 0.6) is 0 Å². The van der Waals surface area contributed by atoms with Crippen molar-refractivity contribution < 1.29 is 12.8 Å². The van der Waals surface area contributed by atoms with Crippen LogP contribution in [0.15, 0.2) is 21.6 Å². The van der Waals surface area contributed by atoms with Gasteiger partial charge in [-0.15, -0.1) is 0 Å². The van der Waals surface area contributed by atoms with Crippen LogP contribution < -0.4 is 10.0 Å². The normalized spacial score (nSPS) is 16.1. The van der Waals surface area contributed by atoms with Crippen molar-refractivity contribution in [1.82, 2.24) is 10.0 Å². The number of furan rings is 1. The zero-order valence-corrected chi connectivity index (χ0v) is 11.4. The lowest BCUT2D eigenvalue weighted by molar-refractivity contribution is 0.399. The first-order chi connectivity index (χ1) is 8.62. The summed E-state index contributed by atoms with van der Waals surface area (Å²) in [5.74, 6) is 0.665. The van der Waals surface area contributed by atoms with Crippen LogP contribution in [-0.2, 0) is 16.6 Å². The third kappa shape index (κ3) is 3.83. The monoisotopic (exact) mass is 272 g/mol. The molecule has 6 heteroatoms. The largest absolute Gasteiger partial charge is 0.447 e. The fourth-order valence-electron chi connectivity index (χ4n) is 1.58. The predicted molar refractivity (Wildman–Crippen MR) is 68.7 cm³/mol. The van der Waals surface area contributed by atoms with Gasteiger partial charge >= 0.3 is 0 Å². The minimum absolute atomic E-state index is 0.00574. The van der Waals surface area contributed by atoms with Crippen molar-refractivity contribution in [2.75, 3.05) is 6.54 Å². The lowest BCUT2D eigenvalue weighted by Crippen LogP contribution is -2.24. The smallest absolute Gasteiger partial charge is 0.273 e. The zero-order chi connectivity index (χ0) is 13.0. The maximum atomic E-state index is 11.8. The standard InChI is InChI=1S/C12H20N2O3S/c1-2-3-8-14-18(15,16)12-7-6-11(17-12)9-13-10-4-5-10/h6-7,10,13-14H,2-5,8-9H2,1H3. The molecule has 0 amide bonds. The third-order valence-electron chi connectivity index (χ3n) is 2.87. The SMILES string of the molecule is CCCCNS(=O)(=O)c1ccc(CNC2CC2)o1. The molecule has 1 aliphatic rings. The van der Waals surface area contributed by atoms with E-state index in [4.69, 9.17) is 4.42 Å². The van der Waals surface area contributed by atoms with Crippen molar-refractivity contribution in [1.29, 1.82) is 0 Å². The Balaban J connectivity index is 1.90. The van der Waals surface area contributed by atoms with E-state index in [1.165, 1.54) is 18.9 Å². The minimum Gasteiger partial charge on any atom is -0.447 e. The van der Waals surface area contributed by atoms with Gasteiger partial charge in [0, 0.05) is 12.6 Å². The van der Waals surface area contributed by atoms with E-state index in [2.05, 4.69) is 10.0 Å². The highest BCUT2D eigenvalue weighted by Crippen LogP contribution is 2.20. The van der Waals surface area contributed by atoms with Crippen LogP contribution in [-0.4, -0.2) is 21.0 Å². The Bertz CT molecular complexity index is 477. The molecule has 5 nitrogen and oxygen atoms in total. The molecule has 2 rings (SSSR count). The van der Waals surface area contributed by atoms with Gasteiger partial charge < -0.3 is 9.73 Å². The van der Waals surface area contributed by atoms with Crippen LogP contribution in [0.2, 0.25) is 0 Å². The minimum atomic E-state index is -3.48. The highest BCUT2D eigenvalue weighted by atomic mass is 32.2. The molecule has 0 radical (unpaired) electrons. The molecule has 0 saturated heterocycles. The average Bonchev–Trinajstić information content (AvgIpc) is 3.03. The summed E-state index contributed by atoms with van der Waals surface area (Å²) in [6, 6.07) is 3.81. The van der Waals surface area contributed by atoms with Gasteiger partial charge in [0.25, 0.3) is 10.0 Å². The molecular formula is C12H20N2O3S. The van der Waals surface area contributed by atoms with E-state index < -0.39 is 10.0 Å². The molecule has 1 heterocycles. The summed E-state index contributed by atoms with van der Waals surface area (Å²) in [4.78, 5) is 0. The molecule has 0 aromatic carbocycles. The second-order valence-corrected chi connectivity index (χ2v) is 6.33. The zero-order valence-electron chi connectivity index (χ0n) is 10.6. The summed E-state index contributed by atoms with van der Waals surface area (Å²) in [7, 11) is -3.48. The van der Waals surface area contributed by atoms with Crippen molar-refractivity contribution in [3.05, 3.63) is 17.9 Å². The molecular weight excluding hydrogens is 252 g/mol. The molecule has 2 N–H and O–H groups in total. The van der Waals surface area contributed by atoms with Crippen LogP contribution >= 0.6 is 0 Å². The average molecular weight is 272 g/mol. The van der Waals surface area contributed by atoms with Gasteiger partial charge in [0.05, 0.1) is 6.54 Å². The summed E-state index contributed by atoms with van der Waals surface area (Å²) in [6.07, 6.45) is 4.18. The molecule has 18 heavy (non-hydrogen) atoms. The Morgan fingerprint density at radius 1 is 1.39 bits per heavy atom. The molecule has 1 aliphatic carbocycles. The van der Waals surface area contributed by atoms with E-state index in [9.17, 15) is 8.42 Å². The Morgan fingerprint density at radius 3 is 2.83 bits per heavy atom. The quantitative estimate of drug-likeness (QED) is 0.705. The Hall–Kier alpha value is -0.850. The molecule has 0 bridgehead atoms. The predicted octanol–water partition coefficient (Wildman–Crippen LogP) is 1.61. The molecule has 0 unspecified atom stereocenters. The van der Waals surface area contributed by atoms with Crippen LogP contribution in [0, 0.1) is 0 Å². The van der Waals surface area contributed by atoms with E-state index >= 15 is 0 Å². The van der Waals surface area contributed by atoms with Gasteiger partial charge in [0.15, 0.2) is 0 Å². The summed E-state index contributed by atoms with van der Waals surface area (Å²) < 4.78 is 31.6. The number of rotatable bonds is 8. The van der Waals surface area contributed by atoms with E-state index in [1.807, 2.05) is 6.92 Å². The van der Waals surface area contributed by atoms with Crippen LogP contribution in [0.3, 0.4) is 0 Å². The van der Waals surface area contributed by atoms with Crippen molar-refractivity contribution in [2.45, 2.75) is 50.3 Å². The highest BCUT2D eigenvalue weighted by Gasteiger charge is 2.22. The van der Waals surface area contributed by atoms with Crippen molar-refractivity contribution in [3.8, 4) is 0 Å². The molecule has 1 fully saturated rings. The fourth-order valence-corrected chi connectivity index (χ4v) is 2.60. The first-order valence-electron chi connectivity index (χ1n) is 6.43. The molecule has 0 spiro atoms. The lowest BCUT2D eigenvalue weighted by Gasteiger charge is -2.03. The number of hydrogen-bond donors (Lipinski definition) is 2. The summed E-state index contributed by atoms with van der Waals surface area (Å²) in [5, 5.41) is 3.29. The molecule has 1 aromatic rings. The number of unbranched alkanes of at least 4 members (excludes halogenated alkanes) is 1. The molecule has 0 aliphatic heterocycles. The van der Waals surface area contributed by atoms with Crippen LogP contribution in [0.25, 0.3) is 0 Å². The molecule has 1 saturated carbocycles.